The molecular formula is C11H23N3. The number of rotatable bonds is 2. The highest BCUT2D eigenvalue weighted by molar-refractivity contribution is 5.81. The molecule has 3 nitrogen and oxygen atoms in total. The van der Waals surface area contributed by atoms with E-state index in [0.29, 0.717) is 18.0 Å². The molecule has 82 valence electrons. The number of hydrazone groups is 1. The lowest BCUT2D eigenvalue weighted by Crippen LogP contribution is -2.41. The lowest BCUT2D eigenvalue weighted by Gasteiger charge is -2.37. The first kappa shape index (κ1) is 11.3. The van der Waals surface area contributed by atoms with E-state index in [1.165, 1.54) is 19.3 Å². The second-order valence-corrected chi connectivity index (χ2v) is 4.69. The van der Waals surface area contributed by atoms with Crippen LogP contribution in [0.25, 0.3) is 0 Å². The molecule has 0 aromatic heterocycles. The molecule has 1 fully saturated rings. The van der Waals surface area contributed by atoms with Gasteiger partial charge in [-0.05, 0) is 33.1 Å². The van der Waals surface area contributed by atoms with Crippen molar-refractivity contribution in [3.63, 3.8) is 0 Å². The Bertz CT molecular complexity index is 201. The average molecular weight is 197 g/mol. The zero-order chi connectivity index (χ0) is 10.7. The van der Waals surface area contributed by atoms with E-state index in [0.717, 1.165) is 5.84 Å². The average Bonchev–Trinajstić information content (AvgIpc) is 2.11. The van der Waals surface area contributed by atoms with Gasteiger partial charge in [0.2, 0.25) is 0 Å². The van der Waals surface area contributed by atoms with Crippen LogP contribution in [0.4, 0.5) is 0 Å². The van der Waals surface area contributed by atoms with Gasteiger partial charge in [0.1, 0.15) is 5.84 Å². The molecule has 0 aliphatic carbocycles. The van der Waals surface area contributed by atoms with E-state index in [4.69, 9.17) is 5.73 Å². The molecule has 1 aliphatic heterocycles. The summed E-state index contributed by atoms with van der Waals surface area (Å²) in [6, 6.07) is 1.08. The minimum atomic E-state index is 0.344. The molecule has 0 amide bonds. The molecule has 0 aromatic carbocycles. The van der Waals surface area contributed by atoms with Gasteiger partial charge in [-0.3, -0.25) is 5.01 Å². The molecule has 1 aliphatic rings. The molecule has 0 bridgehead atoms. The van der Waals surface area contributed by atoms with Crippen molar-refractivity contribution in [1.29, 1.82) is 0 Å². The zero-order valence-corrected chi connectivity index (χ0v) is 9.83. The van der Waals surface area contributed by atoms with Gasteiger partial charge in [0.15, 0.2) is 0 Å². The Balaban J connectivity index is 2.68. The Kier molecular flexibility index (Phi) is 3.78. The minimum Gasteiger partial charge on any atom is -0.386 e. The second-order valence-electron chi connectivity index (χ2n) is 4.69. The summed E-state index contributed by atoms with van der Waals surface area (Å²) in [5.74, 6) is 1.10. The predicted octanol–water partition coefficient (Wildman–Crippen LogP) is 2.18. The predicted molar refractivity (Wildman–Crippen MR) is 61.1 cm³/mol. The summed E-state index contributed by atoms with van der Waals surface area (Å²) in [6.07, 6.45) is 3.79. The number of hydrogen-bond donors (Lipinski definition) is 1. The normalized spacial score (nSPS) is 29.8. The number of hydrogen-bond acceptors (Lipinski definition) is 2. The van der Waals surface area contributed by atoms with Gasteiger partial charge < -0.3 is 5.73 Å². The van der Waals surface area contributed by atoms with Gasteiger partial charge in [0.25, 0.3) is 0 Å². The SMILES string of the molecule is CC(C)/C(N)=N/N1C(C)CCCC1C. The van der Waals surface area contributed by atoms with Crippen LogP contribution in [0.3, 0.4) is 0 Å². The number of amidine groups is 1. The maximum absolute atomic E-state index is 5.88. The standard InChI is InChI=1S/C11H23N3/c1-8(2)11(12)13-14-9(3)6-5-7-10(14)4/h8-10H,5-7H2,1-4H3,(H2,12,13). The third-order valence-corrected chi connectivity index (χ3v) is 2.97. The molecule has 14 heavy (non-hydrogen) atoms. The first-order valence-electron chi connectivity index (χ1n) is 5.64. The van der Waals surface area contributed by atoms with E-state index in [1.54, 1.807) is 0 Å². The maximum atomic E-state index is 5.88. The van der Waals surface area contributed by atoms with Crippen molar-refractivity contribution in [3.05, 3.63) is 0 Å². The summed E-state index contributed by atoms with van der Waals surface area (Å²) < 4.78 is 0. The molecule has 0 saturated carbocycles. The van der Waals surface area contributed by atoms with Crippen LogP contribution >= 0.6 is 0 Å². The number of nitrogens with zero attached hydrogens (tertiary/aromatic N) is 2. The minimum absolute atomic E-state index is 0.344. The fourth-order valence-corrected chi connectivity index (χ4v) is 1.85. The van der Waals surface area contributed by atoms with Crippen molar-refractivity contribution in [2.45, 2.75) is 59.0 Å². The fraction of sp³-hybridized carbons (Fsp3) is 0.909. The molecule has 0 spiro atoms. The molecule has 0 radical (unpaired) electrons. The quantitative estimate of drug-likeness (QED) is 0.544. The smallest absolute Gasteiger partial charge is 0.122 e. The van der Waals surface area contributed by atoms with Gasteiger partial charge >= 0.3 is 0 Å². The van der Waals surface area contributed by atoms with E-state index < -0.39 is 0 Å². The van der Waals surface area contributed by atoms with E-state index in [1.807, 2.05) is 0 Å². The van der Waals surface area contributed by atoms with Crippen molar-refractivity contribution in [3.8, 4) is 0 Å². The molecule has 0 aromatic rings. The van der Waals surface area contributed by atoms with E-state index in [2.05, 4.69) is 37.8 Å². The van der Waals surface area contributed by atoms with E-state index in [-0.39, 0.29) is 0 Å². The lowest BCUT2D eigenvalue weighted by molar-refractivity contribution is 0.107. The monoisotopic (exact) mass is 197 g/mol. The number of nitrogens with two attached hydrogens (primary N) is 1. The van der Waals surface area contributed by atoms with Crippen LogP contribution in [0.1, 0.15) is 47.0 Å². The van der Waals surface area contributed by atoms with Crippen molar-refractivity contribution in [2.24, 2.45) is 16.8 Å². The van der Waals surface area contributed by atoms with Crippen LogP contribution in [0.2, 0.25) is 0 Å². The summed E-state index contributed by atoms with van der Waals surface area (Å²) in [5, 5.41) is 6.70. The van der Waals surface area contributed by atoms with Gasteiger partial charge in [-0.15, -0.1) is 0 Å². The van der Waals surface area contributed by atoms with Gasteiger partial charge in [0, 0.05) is 18.0 Å². The van der Waals surface area contributed by atoms with Crippen LogP contribution < -0.4 is 5.73 Å². The maximum Gasteiger partial charge on any atom is 0.122 e. The molecule has 2 unspecified atom stereocenters. The highest BCUT2D eigenvalue weighted by Gasteiger charge is 2.23. The van der Waals surface area contributed by atoms with Crippen molar-refractivity contribution < 1.29 is 0 Å². The van der Waals surface area contributed by atoms with E-state index in [9.17, 15) is 0 Å². The summed E-state index contributed by atoms with van der Waals surface area (Å²) in [5.41, 5.74) is 5.88. The summed E-state index contributed by atoms with van der Waals surface area (Å²) in [7, 11) is 0. The topological polar surface area (TPSA) is 41.6 Å². The number of piperidine rings is 1. The van der Waals surface area contributed by atoms with Crippen LogP contribution in [0.5, 0.6) is 0 Å². The third-order valence-electron chi connectivity index (χ3n) is 2.97. The molecule has 2 N–H and O–H groups in total. The van der Waals surface area contributed by atoms with Crippen LogP contribution in [0, 0.1) is 5.92 Å². The summed E-state index contributed by atoms with van der Waals surface area (Å²) in [4.78, 5) is 0. The first-order valence-corrected chi connectivity index (χ1v) is 5.64. The van der Waals surface area contributed by atoms with Gasteiger partial charge in [-0.2, -0.15) is 5.10 Å². The Morgan fingerprint density at radius 3 is 2.21 bits per heavy atom. The lowest BCUT2D eigenvalue weighted by atomic mass is 10.00. The van der Waals surface area contributed by atoms with Gasteiger partial charge in [-0.25, -0.2) is 0 Å². The van der Waals surface area contributed by atoms with E-state index >= 15 is 0 Å². The molecule has 1 rings (SSSR count). The summed E-state index contributed by atoms with van der Waals surface area (Å²) >= 11 is 0. The van der Waals surface area contributed by atoms with Crippen molar-refractivity contribution >= 4 is 5.84 Å². The van der Waals surface area contributed by atoms with Crippen LogP contribution in [-0.2, 0) is 0 Å². The summed E-state index contributed by atoms with van der Waals surface area (Å²) in [6.45, 7) is 8.62. The molecule has 2 atom stereocenters. The Morgan fingerprint density at radius 2 is 1.79 bits per heavy atom. The highest BCUT2D eigenvalue weighted by atomic mass is 15.5. The van der Waals surface area contributed by atoms with Gasteiger partial charge in [-0.1, -0.05) is 13.8 Å². The van der Waals surface area contributed by atoms with Crippen LogP contribution in [-0.4, -0.2) is 22.9 Å². The molecule has 1 heterocycles. The second kappa shape index (κ2) is 4.67. The Hall–Kier alpha value is -0.730. The zero-order valence-electron chi connectivity index (χ0n) is 9.83. The largest absolute Gasteiger partial charge is 0.386 e. The van der Waals surface area contributed by atoms with Crippen molar-refractivity contribution in [1.82, 2.24) is 5.01 Å². The molecular weight excluding hydrogens is 174 g/mol. The third kappa shape index (κ3) is 2.63. The highest BCUT2D eigenvalue weighted by Crippen LogP contribution is 2.22. The van der Waals surface area contributed by atoms with Gasteiger partial charge in [0.05, 0.1) is 0 Å². The van der Waals surface area contributed by atoms with Crippen molar-refractivity contribution in [2.75, 3.05) is 0 Å². The Labute approximate surface area is 87.3 Å². The first-order chi connectivity index (χ1) is 6.52. The Morgan fingerprint density at radius 1 is 1.29 bits per heavy atom. The molecule has 3 heteroatoms. The fourth-order valence-electron chi connectivity index (χ4n) is 1.85. The molecule has 1 saturated heterocycles. The van der Waals surface area contributed by atoms with Crippen LogP contribution in [0.15, 0.2) is 5.10 Å².